The van der Waals surface area contributed by atoms with Gasteiger partial charge in [0, 0.05) is 6.08 Å². The predicted molar refractivity (Wildman–Crippen MR) is 63.2 cm³/mol. The van der Waals surface area contributed by atoms with Crippen LogP contribution in [-0.2, 0) is 4.79 Å². The highest BCUT2D eigenvalue weighted by Crippen LogP contribution is 2.12. The molecule has 17 heavy (non-hydrogen) atoms. The van der Waals surface area contributed by atoms with E-state index >= 15 is 0 Å². The molecule has 5 nitrogen and oxygen atoms in total. The molecular formula is C12H11N3O2. The second-order valence-corrected chi connectivity index (χ2v) is 3.49. The van der Waals surface area contributed by atoms with Gasteiger partial charge in [0.2, 0.25) is 0 Å². The van der Waals surface area contributed by atoms with Crippen LogP contribution < -0.4 is 5.48 Å². The van der Waals surface area contributed by atoms with Crippen LogP contribution in [0.3, 0.4) is 0 Å². The van der Waals surface area contributed by atoms with Gasteiger partial charge in [0.15, 0.2) is 0 Å². The molecule has 1 amide bonds. The van der Waals surface area contributed by atoms with Crippen LogP contribution in [0.25, 0.3) is 17.1 Å². The SMILES string of the molecule is Cc1nc2ccccc2nc1/C=C/C(=O)NO. The van der Waals surface area contributed by atoms with Crippen molar-refractivity contribution in [3.05, 3.63) is 41.7 Å². The molecule has 0 fully saturated rings. The van der Waals surface area contributed by atoms with Crippen LogP contribution in [0.5, 0.6) is 0 Å². The summed E-state index contributed by atoms with van der Waals surface area (Å²) in [6.07, 6.45) is 2.71. The lowest BCUT2D eigenvalue weighted by molar-refractivity contribution is -0.124. The van der Waals surface area contributed by atoms with Crippen molar-refractivity contribution >= 4 is 23.0 Å². The predicted octanol–water partition coefficient (Wildman–Crippen LogP) is 1.46. The fourth-order valence-electron chi connectivity index (χ4n) is 1.45. The summed E-state index contributed by atoms with van der Waals surface area (Å²) >= 11 is 0. The molecule has 0 atom stereocenters. The van der Waals surface area contributed by atoms with E-state index in [9.17, 15) is 4.79 Å². The number of benzene rings is 1. The zero-order chi connectivity index (χ0) is 12.3. The van der Waals surface area contributed by atoms with Crippen LogP contribution in [-0.4, -0.2) is 21.1 Å². The quantitative estimate of drug-likeness (QED) is 0.464. The van der Waals surface area contributed by atoms with Gasteiger partial charge >= 0.3 is 0 Å². The third-order valence-corrected chi connectivity index (χ3v) is 2.28. The zero-order valence-electron chi connectivity index (χ0n) is 9.21. The van der Waals surface area contributed by atoms with E-state index in [2.05, 4.69) is 9.97 Å². The molecule has 0 aliphatic heterocycles. The number of amides is 1. The highest BCUT2D eigenvalue weighted by Gasteiger charge is 2.02. The van der Waals surface area contributed by atoms with Gasteiger partial charge in [0.25, 0.3) is 5.91 Å². The van der Waals surface area contributed by atoms with Crippen molar-refractivity contribution in [2.75, 3.05) is 0 Å². The zero-order valence-corrected chi connectivity index (χ0v) is 9.21. The van der Waals surface area contributed by atoms with Crippen LogP contribution in [0.4, 0.5) is 0 Å². The molecule has 1 heterocycles. The number of hydroxylamine groups is 1. The lowest BCUT2D eigenvalue weighted by Gasteiger charge is -2.02. The normalized spacial score (nSPS) is 10.9. The monoisotopic (exact) mass is 229 g/mol. The first kappa shape index (κ1) is 11.2. The number of aromatic nitrogens is 2. The summed E-state index contributed by atoms with van der Waals surface area (Å²) in [4.78, 5) is 19.6. The summed E-state index contributed by atoms with van der Waals surface area (Å²) in [6.45, 7) is 1.82. The van der Waals surface area contributed by atoms with Gasteiger partial charge in [-0.05, 0) is 25.1 Å². The topological polar surface area (TPSA) is 75.1 Å². The maximum Gasteiger partial charge on any atom is 0.267 e. The molecule has 0 saturated heterocycles. The largest absolute Gasteiger partial charge is 0.288 e. The van der Waals surface area contributed by atoms with E-state index in [0.717, 1.165) is 16.7 Å². The number of carbonyl (C=O) groups is 1. The molecule has 2 rings (SSSR count). The number of hydrogen-bond acceptors (Lipinski definition) is 4. The number of aryl methyl sites for hydroxylation is 1. The van der Waals surface area contributed by atoms with Crippen molar-refractivity contribution in [3.63, 3.8) is 0 Å². The number of nitrogens with one attached hydrogen (secondary N) is 1. The molecule has 5 heteroatoms. The molecular weight excluding hydrogens is 218 g/mol. The third kappa shape index (κ3) is 2.46. The summed E-state index contributed by atoms with van der Waals surface area (Å²) in [7, 11) is 0. The summed E-state index contributed by atoms with van der Waals surface area (Å²) < 4.78 is 0. The first-order valence-electron chi connectivity index (χ1n) is 5.06. The van der Waals surface area contributed by atoms with Gasteiger partial charge in [-0.3, -0.25) is 10.0 Å². The number of para-hydroxylation sites is 2. The molecule has 2 N–H and O–H groups in total. The Balaban J connectivity index is 2.44. The van der Waals surface area contributed by atoms with E-state index in [1.165, 1.54) is 17.6 Å². The number of rotatable bonds is 2. The van der Waals surface area contributed by atoms with Crippen LogP contribution in [0.2, 0.25) is 0 Å². The lowest BCUT2D eigenvalue weighted by atomic mass is 10.2. The number of nitrogens with zero attached hydrogens (tertiary/aromatic N) is 2. The van der Waals surface area contributed by atoms with Gasteiger partial charge in [-0.25, -0.2) is 15.4 Å². The fourth-order valence-corrected chi connectivity index (χ4v) is 1.45. The smallest absolute Gasteiger partial charge is 0.267 e. The minimum Gasteiger partial charge on any atom is -0.288 e. The standard InChI is InChI=1S/C12H11N3O2/c1-8-9(6-7-12(16)15-17)14-11-5-3-2-4-10(11)13-8/h2-7,17H,1H3,(H,15,16)/b7-6+. The molecule has 0 saturated carbocycles. The minimum absolute atomic E-state index is 0.598. The summed E-state index contributed by atoms with van der Waals surface area (Å²) in [5, 5.41) is 8.37. The molecule has 0 bridgehead atoms. The Bertz CT molecular complexity index is 593. The molecule has 2 aromatic rings. The molecule has 1 aromatic heterocycles. The second kappa shape index (κ2) is 4.71. The van der Waals surface area contributed by atoms with Gasteiger partial charge in [0.1, 0.15) is 0 Å². The van der Waals surface area contributed by atoms with E-state index in [1.807, 2.05) is 31.2 Å². The Morgan fingerprint density at radius 3 is 2.59 bits per heavy atom. The van der Waals surface area contributed by atoms with E-state index in [0.29, 0.717) is 5.69 Å². The minimum atomic E-state index is -0.598. The van der Waals surface area contributed by atoms with Gasteiger partial charge in [-0.2, -0.15) is 0 Å². The van der Waals surface area contributed by atoms with E-state index < -0.39 is 5.91 Å². The van der Waals surface area contributed by atoms with Crippen molar-refractivity contribution in [1.29, 1.82) is 0 Å². The number of hydrogen-bond donors (Lipinski definition) is 2. The Labute approximate surface area is 97.8 Å². The maximum atomic E-state index is 10.9. The molecule has 0 aliphatic carbocycles. The van der Waals surface area contributed by atoms with E-state index in [1.54, 1.807) is 0 Å². The van der Waals surface area contributed by atoms with E-state index in [4.69, 9.17) is 5.21 Å². The molecule has 0 radical (unpaired) electrons. The average Bonchev–Trinajstić information content (AvgIpc) is 2.35. The van der Waals surface area contributed by atoms with Gasteiger partial charge in [0.05, 0.1) is 22.4 Å². The average molecular weight is 229 g/mol. The first-order chi connectivity index (χ1) is 8.20. The van der Waals surface area contributed by atoms with Crippen molar-refractivity contribution in [1.82, 2.24) is 15.4 Å². The molecule has 0 unspecified atom stereocenters. The van der Waals surface area contributed by atoms with E-state index in [-0.39, 0.29) is 0 Å². The molecule has 1 aromatic carbocycles. The highest BCUT2D eigenvalue weighted by atomic mass is 16.5. The maximum absolute atomic E-state index is 10.9. The Morgan fingerprint density at radius 1 is 1.29 bits per heavy atom. The van der Waals surface area contributed by atoms with Crippen LogP contribution >= 0.6 is 0 Å². The van der Waals surface area contributed by atoms with Crippen molar-refractivity contribution in [2.24, 2.45) is 0 Å². The molecule has 86 valence electrons. The third-order valence-electron chi connectivity index (χ3n) is 2.28. The Kier molecular flexibility index (Phi) is 3.11. The van der Waals surface area contributed by atoms with Gasteiger partial charge < -0.3 is 0 Å². The number of carbonyl (C=O) groups excluding carboxylic acids is 1. The fraction of sp³-hybridized carbons (Fsp3) is 0.0833. The summed E-state index contributed by atoms with van der Waals surface area (Å²) in [6, 6.07) is 7.50. The van der Waals surface area contributed by atoms with Gasteiger partial charge in [-0.1, -0.05) is 12.1 Å². The van der Waals surface area contributed by atoms with Crippen molar-refractivity contribution in [2.45, 2.75) is 6.92 Å². The highest BCUT2D eigenvalue weighted by molar-refractivity contribution is 5.91. The lowest BCUT2D eigenvalue weighted by Crippen LogP contribution is -2.14. The van der Waals surface area contributed by atoms with Crippen molar-refractivity contribution < 1.29 is 10.0 Å². The molecule has 0 aliphatic rings. The first-order valence-corrected chi connectivity index (χ1v) is 5.06. The second-order valence-electron chi connectivity index (χ2n) is 3.49. The molecule has 0 spiro atoms. The Hall–Kier alpha value is -2.27. The Morgan fingerprint density at radius 2 is 1.94 bits per heavy atom. The van der Waals surface area contributed by atoms with Crippen LogP contribution in [0.1, 0.15) is 11.4 Å². The van der Waals surface area contributed by atoms with Crippen molar-refractivity contribution in [3.8, 4) is 0 Å². The van der Waals surface area contributed by atoms with Gasteiger partial charge in [-0.15, -0.1) is 0 Å². The van der Waals surface area contributed by atoms with Crippen LogP contribution in [0, 0.1) is 6.92 Å². The van der Waals surface area contributed by atoms with Crippen LogP contribution in [0.15, 0.2) is 30.3 Å². The summed E-state index contributed by atoms with van der Waals surface area (Å²) in [5.74, 6) is -0.598. The summed E-state index contributed by atoms with van der Waals surface area (Å²) in [5.41, 5.74) is 4.43. The number of fused-ring (bicyclic) bond motifs is 1.